The number of rotatable bonds is 2. The van der Waals surface area contributed by atoms with Crippen molar-refractivity contribution in [3.8, 4) is 0 Å². The van der Waals surface area contributed by atoms with Gasteiger partial charge >= 0.3 is 12.1 Å². The Bertz CT molecular complexity index is 335. The standard InChI is InChI=1S/C12H19NO4/c1-12(2,3)17-11(16)13-5-8-7(4-10(14)15)9(8)6-13/h7-9H,4-6H2,1-3H3,(H,14,15)/t7-,8+,9-. The topological polar surface area (TPSA) is 66.8 Å². The molecule has 0 radical (unpaired) electrons. The van der Waals surface area contributed by atoms with Crippen LogP contribution in [-0.2, 0) is 9.53 Å². The predicted molar refractivity (Wildman–Crippen MR) is 60.5 cm³/mol. The lowest BCUT2D eigenvalue weighted by Gasteiger charge is -2.25. The molecule has 0 bridgehead atoms. The van der Waals surface area contributed by atoms with Gasteiger partial charge in [-0.1, -0.05) is 0 Å². The van der Waals surface area contributed by atoms with Crippen molar-refractivity contribution in [1.29, 1.82) is 0 Å². The zero-order valence-electron chi connectivity index (χ0n) is 10.5. The summed E-state index contributed by atoms with van der Waals surface area (Å²) in [6.07, 6.45) is -0.0453. The van der Waals surface area contributed by atoms with E-state index in [0.29, 0.717) is 24.9 Å². The Kier molecular flexibility index (Phi) is 2.79. The van der Waals surface area contributed by atoms with Crippen LogP contribution in [0.4, 0.5) is 4.79 Å². The molecular formula is C12H19NO4. The summed E-state index contributed by atoms with van der Waals surface area (Å²) in [7, 11) is 0. The third kappa shape index (κ3) is 2.70. The number of piperidine rings is 1. The molecule has 0 aromatic heterocycles. The number of ether oxygens (including phenoxy) is 1. The van der Waals surface area contributed by atoms with Gasteiger partial charge in [-0.15, -0.1) is 0 Å². The number of hydrogen-bond acceptors (Lipinski definition) is 3. The number of likely N-dealkylation sites (tertiary alicyclic amines) is 1. The van der Waals surface area contributed by atoms with Gasteiger partial charge in [0.1, 0.15) is 5.60 Å². The van der Waals surface area contributed by atoms with Gasteiger partial charge in [-0.05, 0) is 38.5 Å². The number of nitrogens with zero attached hydrogens (tertiary/aromatic N) is 1. The first-order valence-corrected chi connectivity index (χ1v) is 5.97. The van der Waals surface area contributed by atoms with Crippen LogP contribution >= 0.6 is 0 Å². The van der Waals surface area contributed by atoms with Crippen LogP contribution in [0, 0.1) is 17.8 Å². The van der Waals surface area contributed by atoms with Crippen molar-refractivity contribution < 1.29 is 19.4 Å². The molecule has 1 aliphatic heterocycles. The Labute approximate surface area is 101 Å². The number of carbonyl (C=O) groups is 2. The van der Waals surface area contributed by atoms with Crippen LogP contribution in [-0.4, -0.2) is 40.8 Å². The summed E-state index contributed by atoms with van der Waals surface area (Å²) < 4.78 is 5.28. The van der Waals surface area contributed by atoms with Crippen LogP contribution in [0.5, 0.6) is 0 Å². The van der Waals surface area contributed by atoms with Crippen LogP contribution in [0.15, 0.2) is 0 Å². The smallest absolute Gasteiger partial charge is 0.410 e. The van der Waals surface area contributed by atoms with Gasteiger partial charge in [-0.3, -0.25) is 4.79 Å². The van der Waals surface area contributed by atoms with Crippen LogP contribution in [0.25, 0.3) is 0 Å². The molecule has 0 spiro atoms. The van der Waals surface area contributed by atoms with Gasteiger partial charge in [-0.2, -0.15) is 0 Å². The number of carbonyl (C=O) groups excluding carboxylic acids is 1. The first-order chi connectivity index (χ1) is 7.78. The van der Waals surface area contributed by atoms with E-state index in [4.69, 9.17) is 9.84 Å². The highest BCUT2D eigenvalue weighted by molar-refractivity contribution is 5.70. The van der Waals surface area contributed by atoms with Crippen molar-refractivity contribution in [3.05, 3.63) is 0 Å². The molecule has 1 N–H and O–H groups in total. The van der Waals surface area contributed by atoms with E-state index in [1.54, 1.807) is 4.90 Å². The summed E-state index contributed by atoms with van der Waals surface area (Å²) in [5, 5.41) is 8.70. The average Bonchev–Trinajstić information content (AvgIpc) is 2.59. The normalized spacial score (nSPS) is 31.0. The zero-order valence-corrected chi connectivity index (χ0v) is 10.5. The van der Waals surface area contributed by atoms with E-state index < -0.39 is 11.6 Å². The minimum absolute atomic E-state index is 0.234. The molecule has 0 aromatic carbocycles. The third-order valence-electron chi connectivity index (χ3n) is 3.43. The molecule has 1 aliphatic carbocycles. The number of fused-ring (bicyclic) bond motifs is 1. The van der Waals surface area contributed by atoms with E-state index in [1.165, 1.54) is 0 Å². The van der Waals surface area contributed by atoms with E-state index in [-0.39, 0.29) is 18.4 Å². The first kappa shape index (κ1) is 12.2. The molecule has 1 heterocycles. The molecule has 96 valence electrons. The molecule has 1 amide bonds. The lowest BCUT2D eigenvalue weighted by molar-refractivity contribution is -0.137. The fourth-order valence-corrected chi connectivity index (χ4v) is 2.63. The second kappa shape index (κ2) is 3.89. The minimum Gasteiger partial charge on any atom is -0.481 e. The van der Waals surface area contributed by atoms with Gasteiger partial charge in [0, 0.05) is 19.5 Å². The minimum atomic E-state index is -0.742. The summed E-state index contributed by atoms with van der Waals surface area (Å²) in [4.78, 5) is 24.0. The van der Waals surface area contributed by atoms with Crippen molar-refractivity contribution in [2.45, 2.75) is 32.8 Å². The fourth-order valence-electron chi connectivity index (χ4n) is 2.63. The predicted octanol–water partition coefficient (Wildman–Crippen LogP) is 1.57. The van der Waals surface area contributed by atoms with Gasteiger partial charge in [0.15, 0.2) is 0 Å². The molecule has 17 heavy (non-hydrogen) atoms. The molecule has 3 atom stereocenters. The molecule has 2 rings (SSSR count). The van der Waals surface area contributed by atoms with Gasteiger partial charge in [-0.25, -0.2) is 4.79 Å². The van der Waals surface area contributed by atoms with Crippen LogP contribution in [0.2, 0.25) is 0 Å². The number of carboxylic acid groups (broad SMARTS) is 1. The molecule has 1 saturated carbocycles. The van der Waals surface area contributed by atoms with Gasteiger partial charge in [0.05, 0.1) is 0 Å². The highest BCUT2D eigenvalue weighted by Crippen LogP contribution is 2.53. The highest BCUT2D eigenvalue weighted by atomic mass is 16.6. The van der Waals surface area contributed by atoms with E-state index in [1.807, 2.05) is 20.8 Å². The first-order valence-electron chi connectivity index (χ1n) is 5.97. The maximum absolute atomic E-state index is 11.7. The van der Waals surface area contributed by atoms with Gasteiger partial charge in [0.25, 0.3) is 0 Å². The summed E-state index contributed by atoms with van der Waals surface area (Å²) in [5.74, 6) is 0.275. The second-order valence-electron chi connectivity index (χ2n) is 5.97. The number of hydrogen-bond donors (Lipinski definition) is 1. The Morgan fingerprint density at radius 1 is 1.29 bits per heavy atom. The molecule has 0 unspecified atom stereocenters. The quantitative estimate of drug-likeness (QED) is 0.797. The summed E-state index contributed by atoms with van der Waals surface area (Å²) in [6, 6.07) is 0. The highest BCUT2D eigenvalue weighted by Gasteiger charge is 2.57. The summed E-state index contributed by atoms with van der Waals surface area (Å²) in [6.45, 7) is 6.83. The third-order valence-corrected chi connectivity index (χ3v) is 3.43. The van der Waals surface area contributed by atoms with Crippen molar-refractivity contribution in [2.75, 3.05) is 13.1 Å². The lowest BCUT2D eigenvalue weighted by atomic mass is 10.2. The Hall–Kier alpha value is -1.26. The van der Waals surface area contributed by atoms with Crippen molar-refractivity contribution in [3.63, 3.8) is 0 Å². The van der Waals surface area contributed by atoms with Gasteiger partial charge < -0.3 is 14.7 Å². The molecule has 1 saturated heterocycles. The van der Waals surface area contributed by atoms with Crippen molar-refractivity contribution in [2.24, 2.45) is 17.8 Å². The maximum Gasteiger partial charge on any atom is 0.410 e. The second-order valence-corrected chi connectivity index (χ2v) is 5.97. The molecule has 2 aliphatic rings. The Morgan fingerprint density at radius 2 is 1.82 bits per heavy atom. The Morgan fingerprint density at radius 3 is 2.24 bits per heavy atom. The van der Waals surface area contributed by atoms with Crippen molar-refractivity contribution in [1.82, 2.24) is 4.90 Å². The fraction of sp³-hybridized carbons (Fsp3) is 0.833. The van der Waals surface area contributed by atoms with E-state index >= 15 is 0 Å². The summed E-state index contributed by atoms with van der Waals surface area (Å²) in [5.41, 5.74) is -0.468. The van der Waals surface area contributed by atoms with E-state index in [9.17, 15) is 9.59 Å². The molecular weight excluding hydrogens is 222 g/mol. The van der Waals surface area contributed by atoms with Gasteiger partial charge in [0.2, 0.25) is 0 Å². The van der Waals surface area contributed by atoms with Crippen LogP contribution in [0.3, 0.4) is 0 Å². The van der Waals surface area contributed by atoms with Crippen molar-refractivity contribution >= 4 is 12.1 Å². The monoisotopic (exact) mass is 241 g/mol. The maximum atomic E-state index is 11.7. The number of aliphatic carboxylic acids is 1. The van der Waals surface area contributed by atoms with Crippen LogP contribution in [0.1, 0.15) is 27.2 Å². The Balaban J connectivity index is 1.79. The number of carboxylic acids is 1. The molecule has 0 aromatic rings. The number of amides is 1. The molecule has 2 fully saturated rings. The molecule has 5 heteroatoms. The largest absolute Gasteiger partial charge is 0.481 e. The summed E-state index contributed by atoms with van der Waals surface area (Å²) >= 11 is 0. The molecule has 5 nitrogen and oxygen atoms in total. The van der Waals surface area contributed by atoms with E-state index in [2.05, 4.69) is 0 Å². The SMILES string of the molecule is CC(C)(C)OC(=O)N1C[C@@H]2[C@H](CC(=O)O)[C@@H]2C1. The van der Waals surface area contributed by atoms with E-state index in [0.717, 1.165) is 0 Å². The van der Waals surface area contributed by atoms with Crippen LogP contribution < -0.4 is 0 Å². The lowest BCUT2D eigenvalue weighted by Crippen LogP contribution is -2.37. The zero-order chi connectivity index (χ0) is 12.8. The average molecular weight is 241 g/mol.